The normalized spacial score (nSPS) is 11.2. The van der Waals surface area contributed by atoms with Gasteiger partial charge in [-0.3, -0.25) is 9.59 Å². The van der Waals surface area contributed by atoms with Crippen LogP contribution in [0.3, 0.4) is 0 Å². The number of fused-ring (bicyclic) bond motifs is 2. The van der Waals surface area contributed by atoms with Crippen molar-refractivity contribution in [3.63, 3.8) is 0 Å². The van der Waals surface area contributed by atoms with Crippen LogP contribution in [0.25, 0.3) is 27.7 Å². The van der Waals surface area contributed by atoms with Crippen molar-refractivity contribution in [1.29, 1.82) is 0 Å². The summed E-state index contributed by atoms with van der Waals surface area (Å²) >= 11 is 0. The van der Waals surface area contributed by atoms with Gasteiger partial charge in [-0.2, -0.15) is 0 Å². The first-order valence-electron chi connectivity index (χ1n) is 10.7. The number of aromatic amines is 2. The maximum Gasteiger partial charge on any atom is 0.272 e. The van der Waals surface area contributed by atoms with Crippen molar-refractivity contribution < 1.29 is 4.79 Å². The minimum atomic E-state index is -0.137. The van der Waals surface area contributed by atoms with E-state index in [9.17, 15) is 9.59 Å². The summed E-state index contributed by atoms with van der Waals surface area (Å²) in [4.78, 5) is 36.6. The molecule has 0 aliphatic rings. The van der Waals surface area contributed by atoms with Crippen LogP contribution in [-0.2, 0) is 11.2 Å². The Morgan fingerprint density at radius 3 is 2.88 bits per heavy atom. The molecule has 5 aromatic rings. The van der Waals surface area contributed by atoms with Crippen molar-refractivity contribution in [2.75, 3.05) is 25.5 Å². The lowest BCUT2D eigenvalue weighted by atomic mass is 10.1. The first-order valence-corrected chi connectivity index (χ1v) is 10.7. The first-order chi connectivity index (χ1) is 16.0. The molecule has 0 saturated carbocycles. The number of hydrogen-bond acceptors (Lipinski definition) is 4. The van der Waals surface area contributed by atoms with Gasteiger partial charge in [0, 0.05) is 73.2 Å². The Morgan fingerprint density at radius 2 is 2.03 bits per heavy atom. The van der Waals surface area contributed by atoms with Crippen LogP contribution in [0.4, 0.5) is 5.69 Å². The molecule has 0 saturated heterocycles. The van der Waals surface area contributed by atoms with Crippen LogP contribution in [0.2, 0.25) is 0 Å². The zero-order valence-electron chi connectivity index (χ0n) is 18.4. The molecule has 0 fully saturated rings. The molecule has 0 spiro atoms. The third kappa shape index (κ3) is 3.87. The van der Waals surface area contributed by atoms with Gasteiger partial charge in [-0.1, -0.05) is 12.1 Å². The molecule has 0 bridgehead atoms. The molecule has 0 unspecified atom stereocenters. The third-order valence-corrected chi connectivity index (χ3v) is 5.89. The molecule has 8 heteroatoms. The molecule has 0 aliphatic heterocycles. The number of pyridine rings is 1. The fraction of sp³-hybridized carbons (Fsp3) is 0.160. The summed E-state index contributed by atoms with van der Waals surface area (Å²) in [6.07, 6.45) is 8.06. The van der Waals surface area contributed by atoms with Crippen molar-refractivity contribution in [3.8, 4) is 11.1 Å². The molecule has 8 nitrogen and oxygen atoms in total. The minimum Gasteiger partial charge on any atom is -0.365 e. The van der Waals surface area contributed by atoms with Crippen LogP contribution in [-0.4, -0.2) is 45.9 Å². The Kier molecular flexibility index (Phi) is 5.18. The molecule has 1 amide bonds. The molecule has 0 aliphatic carbocycles. The average Bonchev–Trinajstić information content (AvgIpc) is 3.46. The van der Waals surface area contributed by atoms with Crippen LogP contribution >= 0.6 is 0 Å². The van der Waals surface area contributed by atoms with Crippen LogP contribution in [0.5, 0.6) is 0 Å². The number of benzene rings is 1. The van der Waals surface area contributed by atoms with Gasteiger partial charge < -0.3 is 24.6 Å². The van der Waals surface area contributed by atoms with E-state index < -0.39 is 0 Å². The van der Waals surface area contributed by atoms with E-state index in [4.69, 9.17) is 0 Å². The van der Waals surface area contributed by atoms with Gasteiger partial charge in [0.15, 0.2) is 0 Å². The molecule has 1 aromatic carbocycles. The van der Waals surface area contributed by atoms with Crippen molar-refractivity contribution in [1.82, 2.24) is 24.7 Å². The molecule has 0 atom stereocenters. The maximum absolute atomic E-state index is 12.6. The Balaban J connectivity index is 1.51. The monoisotopic (exact) mass is 440 g/mol. The van der Waals surface area contributed by atoms with E-state index in [0.717, 1.165) is 39.1 Å². The molecular weight excluding hydrogens is 416 g/mol. The number of nitrogens with zero attached hydrogens (tertiary/aromatic N) is 3. The zero-order valence-corrected chi connectivity index (χ0v) is 18.4. The molecule has 3 N–H and O–H groups in total. The van der Waals surface area contributed by atoms with Crippen LogP contribution in [0.15, 0.2) is 72.0 Å². The number of anilines is 1. The topological polar surface area (TPSA) is 98.3 Å². The van der Waals surface area contributed by atoms with Gasteiger partial charge >= 0.3 is 0 Å². The summed E-state index contributed by atoms with van der Waals surface area (Å²) in [5.41, 5.74) is 6.22. The number of carbonyl (C=O) groups excluding carboxylic acids is 1. The van der Waals surface area contributed by atoms with Gasteiger partial charge in [0.05, 0.1) is 6.54 Å². The minimum absolute atomic E-state index is 0.0439. The highest BCUT2D eigenvalue weighted by atomic mass is 16.2. The highest BCUT2D eigenvalue weighted by molar-refractivity contribution is 5.94. The van der Waals surface area contributed by atoms with Gasteiger partial charge in [-0.05, 0) is 35.9 Å². The second-order valence-corrected chi connectivity index (χ2v) is 8.07. The Morgan fingerprint density at radius 1 is 1.15 bits per heavy atom. The van der Waals surface area contributed by atoms with Crippen molar-refractivity contribution in [2.45, 2.75) is 6.42 Å². The molecular formula is C25H24N6O2. The van der Waals surface area contributed by atoms with Gasteiger partial charge in [-0.15, -0.1) is 0 Å². The third-order valence-electron chi connectivity index (χ3n) is 5.89. The molecule has 166 valence electrons. The quantitative estimate of drug-likeness (QED) is 0.378. The first kappa shape index (κ1) is 20.6. The van der Waals surface area contributed by atoms with Crippen LogP contribution < -0.4 is 15.8 Å². The van der Waals surface area contributed by atoms with E-state index in [2.05, 4.69) is 26.3 Å². The summed E-state index contributed by atoms with van der Waals surface area (Å²) in [6, 6.07) is 13.9. The number of rotatable bonds is 6. The maximum atomic E-state index is 12.6. The summed E-state index contributed by atoms with van der Waals surface area (Å²) in [5.74, 6) is -0.0439. The summed E-state index contributed by atoms with van der Waals surface area (Å²) < 4.78 is 1.95. The van der Waals surface area contributed by atoms with Crippen molar-refractivity contribution >= 4 is 28.1 Å². The second-order valence-electron chi connectivity index (χ2n) is 8.07. The molecule has 5 rings (SSSR count). The fourth-order valence-corrected chi connectivity index (χ4v) is 4.14. The van der Waals surface area contributed by atoms with Gasteiger partial charge in [0.25, 0.3) is 5.56 Å². The van der Waals surface area contributed by atoms with E-state index in [1.165, 1.54) is 0 Å². The van der Waals surface area contributed by atoms with Gasteiger partial charge in [-0.25, -0.2) is 4.98 Å². The largest absolute Gasteiger partial charge is 0.365 e. The lowest BCUT2D eigenvalue weighted by Gasteiger charge is -2.19. The van der Waals surface area contributed by atoms with E-state index >= 15 is 0 Å². The molecule has 4 heterocycles. The van der Waals surface area contributed by atoms with Crippen LogP contribution in [0.1, 0.15) is 11.3 Å². The summed E-state index contributed by atoms with van der Waals surface area (Å²) in [6.45, 7) is 0.281. The standard InChI is InChI=1S/C25H24N6O2/c1-26-23(32)15-30(2)18-6-3-5-16(9-18)10-19-12-29-25(33)22-11-17(14-31(19)22)21-13-28-24-20(21)7-4-8-27-24/h3-9,11-14H,10,15H2,1-2H3,(H,26,32)(H,27,28)(H,29,33). The van der Waals surface area contributed by atoms with E-state index in [0.29, 0.717) is 11.9 Å². The number of H-pyrrole nitrogens is 2. The Hall–Kier alpha value is -4.33. The zero-order chi connectivity index (χ0) is 22.9. The molecule has 33 heavy (non-hydrogen) atoms. The van der Waals surface area contributed by atoms with E-state index in [1.54, 1.807) is 19.4 Å². The number of aromatic nitrogens is 4. The fourth-order valence-electron chi connectivity index (χ4n) is 4.14. The molecule has 4 aromatic heterocycles. The summed E-state index contributed by atoms with van der Waals surface area (Å²) in [7, 11) is 3.52. The number of amides is 1. The van der Waals surface area contributed by atoms with E-state index in [-0.39, 0.29) is 18.0 Å². The highest BCUT2D eigenvalue weighted by Crippen LogP contribution is 2.29. The van der Waals surface area contributed by atoms with Crippen molar-refractivity contribution in [2.24, 2.45) is 0 Å². The average molecular weight is 441 g/mol. The predicted molar refractivity (Wildman–Crippen MR) is 130 cm³/mol. The predicted octanol–water partition coefficient (Wildman–Crippen LogP) is 2.94. The van der Waals surface area contributed by atoms with Gasteiger partial charge in [0.1, 0.15) is 11.2 Å². The molecule has 0 radical (unpaired) electrons. The Labute approximate surface area is 189 Å². The van der Waals surface area contributed by atoms with Crippen molar-refractivity contribution in [3.05, 3.63) is 88.9 Å². The lowest BCUT2D eigenvalue weighted by molar-refractivity contribution is -0.119. The summed E-state index contributed by atoms with van der Waals surface area (Å²) in [5, 5.41) is 3.66. The smallest absolute Gasteiger partial charge is 0.272 e. The number of likely N-dealkylation sites (N-methyl/N-ethyl adjacent to an activating group) is 2. The number of hydrogen-bond donors (Lipinski definition) is 3. The number of nitrogens with one attached hydrogen (secondary N) is 3. The van der Waals surface area contributed by atoms with Crippen LogP contribution in [0, 0.1) is 0 Å². The number of carbonyl (C=O) groups is 1. The Bertz CT molecular complexity index is 1530. The van der Waals surface area contributed by atoms with E-state index in [1.807, 2.05) is 65.1 Å². The second kappa shape index (κ2) is 8.31. The SMILES string of the molecule is CNC(=O)CN(C)c1cccc(Cc2c[nH]c(=O)c3cc(-c4c[nH]c5ncccc45)cn23)c1. The lowest BCUT2D eigenvalue weighted by Crippen LogP contribution is -2.32. The highest BCUT2D eigenvalue weighted by Gasteiger charge is 2.13. The van der Waals surface area contributed by atoms with Gasteiger partial charge in [0.2, 0.25) is 5.91 Å².